The van der Waals surface area contributed by atoms with Crippen molar-refractivity contribution in [1.82, 2.24) is 5.32 Å². The first-order chi connectivity index (χ1) is 18.9. The van der Waals surface area contributed by atoms with Crippen molar-refractivity contribution in [2.75, 3.05) is 26.8 Å². The molecule has 0 aliphatic heterocycles. The summed E-state index contributed by atoms with van der Waals surface area (Å²) in [6.07, 6.45) is 11.2. The molecule has 0 aromatic heterocycles. The monoisotopic (exact) mass is 568 g/mol. The first-order valence-corrected chi connectivity index (χ1v) is 14.3. The fraction of sp³-hybridized carbons (Fsp3) is 0.355. The minimum atomic E-state index is -0.923. The fourth-order valence-electron chi connectivity index (χ4n) is 4.46. The van der Waals surface area contributed by atoms with Crippen LogP contribution in [0.25, 0.3) is 0 Å². The van der Waals surface area contributed by atoms with Crippen LogP contribution in [0.2, 0.25) is 5.02 Å². The molecule has 0 fully saturated rings. The lowest BCUT2D eigenvalue weighted by Gasteiger charge is -2.28. The molecule has 0 spiro atoms. The number of aliphatic hydroxyl groups excluding tert-OH is 1. The van der Waals surface area contributed by atoms with Gasteiger partial charge in [-0.3, -0.25) is 15.1 Å². The van der Waals surface area contributed by atoms with Crippen molar-refractivity contribution in [3.63, 3.8) is 0 Å². The van der Waals surface area contributed by atoms with Gasteiger partial charge >= 0.3 is 5.97 Å². The van der Waals surface area contributed by atoms with E-state index in [1.54, 1.807) is 18.8 Å². The van der Waals surface area contributed by atoms with E-state index >= 15 is 0 Å². The number of carboxylic acid groups (broad SMARTS) is 1. The highest BCUT2D eigenvalue weighted by molar-refractivity contribution is 8.17. The van der Waals surface area contributed by atoms with Crippen molar-refractivity contribution in [2.45, 2.75) is 44.2 Å². The number of hydrogen-bond acceptors (Lipinski definition) is 6. The zero-order valence-corrected chi connectivity index (χ0v) is 24.0. The lowest BCUT2D eigenvalue weighted by atomic mass is 9.80. The second-order valence-corrected chi connectivity index (χ2v) is 10.9. The van der Waals surface area contributed by atoms with E-state index in [1.165, 1.54) is 4.91 Å². The molecule has 0 radical (unpaired) electrons. The Bertz CT molecular complexity index is 1180. The minimum absolute atomic E-state index is 0.0511. The number of aliphatic imine (C=N–C) groups is 1. The Morgan fingerprint density at radius 2 is 1.72 bits per heavy atom. The van der Waals surface area contributed by atoms with Crippen LogP contribution in [0.5, 0.6) is 0 Å². The zero-order valence-electron chi connectivity index (χ0n) is 22.4. The molecule has 8 heteroatoms. The SMILES string of the molecule is CCC(c1ccc(C(O)NCCC(=O)O)cc1)C(COCC(=NC)SC1=CC=CC=CC1)c1ccc(Cl)cc1. The zero-order chi connectivity index (χ0) is 28.0. The molecule has 3 N–H and O–H groups in total. The third-order valence-corrected chi connectivity index (χ3v) is 7.91. The van der Waals surface area contributed by atoms with Crippen LogP contribution in [0.4, 0.5) is 0 Å². The van der Waals surface area contributed by atoms with Gasteiger partial charge in [0.2, 0.25) is 0 Å². The van der Waals surface area contributed by atoms with Gasteiger partial charge in [-0.1, -0.05) is 97.1 Å². The van der Waals surface area contributed by atoms with Crippen LogP contribution >= 0.6 is 23.4 Å². The number of halogens is 1. The smallest absolute Gasteiger partial charge is 0.304 e. The van der Waals surface area contributed by atoms with Crippen LogP contribution in [0.1, 0.15) is 60.9 Å². The Hall–Kier alpha value is -2.68. The lowest BCUT2D eigenvalue weighted by Crippen LogP contribution is -2.24. The van der Waals surface area contributed by atoms with Crippen LogP contribution in [-0.4, -0.2) is 48.0 Å². The minimum Gasteiger partial charge on any atom is -0.481 e. The highest BCUT2D eigenvalue weighted by Crippen LogP contribution is 2.37. The maximum atomic E-state index is 10.7. The van der Waals surface area contributed by atoms with E-state index < -0.39 is 12.2 Å². The van der Waals surface area contributed by atoms with E-state index in [0.29, 0.717) is 23.8 Å². The number of nitrogens with zero attached hydrogens (tertiary/aromatic N) is 1. The Balaban J connectivity index is 1.71. The van der Waals surface area contributed by atoms with Crippen LogP contribution in [0, 0.1) is 0 Å². The molecule has 0 amide bonds. The molecule has 0 saturated carbocycles. The Morgan fingerprint density at radius 1 is 1.05 bits per heavy atom. The Kier molecular flexibility index (Phi) is 13.0. The number of aliphatic hydroxyl groups is 1. The maximum absolute atomic E-state index is 10.7. The van der Waals surface area contributed by atoms with E-state index in [-0.39, 0.29) is 24.8 Å². The van der Waals surface area contributed by atoms with Gasteiger partial charge in [0.15, 0.2) is 0 Å². The van der Waals surface area contributed by atoms with Crippen molar-refractivity contribution in [3.05, 3.63) is 106 Å². The molecule has 3 rings (SSSR count). The number of allylic oxidation sites excluding steroid dienone is 6. The number of carbonyl (C=O) groups is 1. The van der Waals surface area contributed by atoms with Crippen LogP contribution in [0.3, 0.4) is 0 Å². The number of rotatable bonds is 14. The van der Waals surface area contributed by atoms with Gasteiger partial charge in [-0.05, 0) is 52.5 Å². The average Bonchev–Trinajstić information content (AvgIpc) is 3.21. The summed E-state index contributed by atoms with van der Waals surface area (Å²) in [5, 5.41) is 23.7. The number of aliphatic carboxylic acids is 1. The predicted octanol–water partition coefficient (Wildman–Crippen LogP) is 6.85. The number of ether oxygens (including phenoxy) is 1. The summed E-state index contributed by atoms with van der Waals surface area (Å²) in [6.45, 7) is 3.30. The highest BCUT2D eigenvalue weighted by atomic mass is 35.5. The Morgan fingerprint density at radius 3 is 2.38 bits per heavy atom. The van der Waals surface area contributed by atoms with Gasteiger partial charge in [0.05, 0.1) is 24.7 Å². The van der Waals surface area contributed by atoms with Crippen LogP contribution in [-0.2, 0) is 9.53 Å². The molecule has 3 atom stereocenters. The molecule has 0 bridgehead atoms. The first kappa shape index (κ1) is 30.9. The van der Waals surface area contributed by atoms with Gasteiger partial charge in [-0.2, -0.15) is 0 Å². The van der Waals surface area contributed by atoms with E-state index in [1.807, 2.05) is 54.6 Å². The highest BCUT2D eigenvalue weighted by Gasteiger charge is 2.25. The summed E-state index contributed by atoms with van der Waals surface area (Å²) in [7, 11) is 1.80. The molecule has 0 heterocycles. The molecular weight excluding hydrogens is 532 g/mol. The lowest BCUT2D eigenvalue weighted by molar-refractivity contribution is -0.137. The molecule has 0 saturated heterocycles. The molecule has 2 aromatic rings. The summed E-state index contributed by atoms with van der Waals surface area (Å²) in [6, 6.07) is 15.8. The van der Waals surface area contributed by atoms with Gasteiger partial charge in [-0.25, -0.2) is 0 Å². The second kappa shape index (κ2) is 16.4. The van der Waals surface area contributed by atoms with Gasteiger partial charge in [0, 0.05) is 24.5 Å². The quantitative estimate of drug-likeness (QED) is 0.131. The summed E-state index contributed by atoms with van der Waals surface area (Å²) in [5.41, 5.74) is 2.98. The van der Waals surface area contributed by atoms with E-state index in [9.17, 15) is 9.90 Å². The molecule has 3 unspecified atom stereocenters. The molecule has 2 aromatic carbocycles. The molecule has 1 aliphatic carbocycles. The van der Waals surface area contributed by atoms with Crippen molar-refractivity contribution in [3.8, 4) is 0 Å². The number of benzene rings is 2. The van der Waals surface area contributed by atoms with Crippen molar-refractivity contribution in [2.24, 2.45) is 4.99 Å². The van der Waals surface area contributed by atoms with Crippen molar-refractivity contribution in [1.29, 1.82) is 0 Å². The fourth-order valence-corrected chi connectivity index (χ4v) is 5.45. The molecular formula is C31H37ClN2O4S. The van der Waals surface area contributed by atoms with E-state index in [4.69, 9.17) is 21.4 Å². The molecule has 6 nitrogen and oxygen atoms in total. The number of nitrogens with one attached hydrogen (secondary N) is 1. The third-order valence-electron chi connectivity index (χ3n) is 6.56. The summed E-state index contributed by atoms with van der Waals surface area (Å²) in [4.78, 5) is 16.4. The van der Waals surface area contributed by atoms with Gasteiger partial charge < -0.3 is 14.9 Å². The Labute approximate surface area is 240 Å². The molecule has 1 aliphatic rings. The van der Waals surface area contributed by atoms with Gasteiger partial charge in [0.25, 0.3) is 0 Å². The average molecular weight is 569 g/mol. The van der Waals surface area contributed by atoms with E-state index in [2.05, 4.69) is 41.5 Å². The molecule has 208 valence electrons. The van der Waals surface area contributed by atoms with Crippen molar-refractivity contribution < 1.29 is 19.7 Å². The summed E-state index contributed by atoms with van der Waals surface area (Å²) >= 11 is 7.84. The van der Waals surface area contributed by atoms with Gasteiger partial charge in [-0.15, -0.1) is 0 Å². The van der Waals surface area contributed by atoms with Gasteiger partial charge in [0.1, 0.15) is 6.23 Å². The topological polar surface area (TPSA) is 91.2 Å². The normalized spacial score (nSPS) is 15.9. The molecule has 39 heavy (non-hydrogen) atoms. The standard InChI is InChI=1S/C31H37ClN2O4S/c1-3-27(22-10-12-24(13-11-22)31(37)34-19-18-30(35)36)28(23-14-16-25(32)17-15-23)20-38-21-29(33-2)39-26-8-6-4-5-7-9-26/h4-8,10-17,27-28,31,34,37H,3,9,18-21H2,1-2H3,(H,35,36). The number of carboxylic acids is 1. The largest absolute Gasteiger partial charge is 0.481 e. The first-order valence-electron chi connectivity index (χ1n) is 13.1. The third kappa shape index (κ3) is 10.1. The van der Waals surface area contributed by atoms with Crippen LogP contribution in [0.15, 0.2) is 88.8 Å². The number of thioether (sulfide) groups is 1. The predicted molar refractivity (Wildman–Crippen MR) is 162 cm³/mol. The van der Waals surface area contributed by atoms with Crippen molar-refractivity contribution >= 4 is 34.4 Å². The second-order valence-electron chi connectivity index (χ2n) is 9.22. The summed E-state index contributed by atoms with van der Waals surface area (Å²) < 4.78 is 6.29. The van der Waals surface area contributed by atoms with Crippen LogP contribution < -0.4 is 5.32 Å². The summed E-state index contributed by atoms with van der Waals surface area (Å²) in [5.74, 6) is -0.646. The van der Waals surface area contributed by atoms with E-state index in [0.717, 1.165) is 29.0 Å². The maximum Gasteiger partial charge on any atom is 0.304 e. The number of hydrogen-bond donors (Lipinski definition) is 3.